The molecule has 0 bridgehead atoms. The smallest absolute Gasteiger partial charge is 0.223 e. The van der Waals surface area contributed by atoms with Crippen LogP contribution in [0.3, 0.4) is 0 Å². The highest BCUT2D eigenvalue weighted by Gasteiger charge is 2.27. The molecule has 1 amide bonds. The second-order valence-electron chi connectivity index (χ2n) is 6.64. The van der Waals surface area contributed by atoms with Gasteiger partial charge in [0.2, 0.25) is 5.91 Å². The van der Waals surface area contributed by atoms with Crippen LogP contribution < -0.4 is 0 Å². The Kier molecular flexibility index (Phi) is 5.08. The molecule has 2 fully saturated rings. The molecule has 1 saturated heterocycles. The van der Waals surface area contributed by atoms with Crippen molar-refractivity contribution < 1.29 is 4.79 Å². The van der Waals surface area contributed by atoms with Crippen LogP contribution in [0.15, 0.2) is 0 Å². The highest BCUT2D eigenvalue weighted by Crippen LogP contribution is 2.28. The van der Waals surface area contributed by atoms with E-state index in [2.05, 4.69) is 18.7 Å². The standard InChI is InChI=1S/C16H29NO/c1-13-7-6-8-14(2)17(12-13)16(18)11-15-9-4-3-5-10-15/h13-15H,3-12H2,1-2H3/t13-,14+/m0/s1. The van der Waals surface area contributed by atoms with E-state index in [9.17, 15) is 4.79 Å². The predicted molar refractivity (Wildman–Crippen MR) is 75.4 cm³/mol. The van der Waals surface area contributed by atoms with Gasteiger partial charge in [0.05, 0.1) is 0 Å². The van der Waals surface area contributed by atoms with E-state index >= 15 is 0 Å². The molecule has 0 aromatic heterocycles. The molecule has 2 nitrogen and oxygen atoms in total. The lowest BCUT2D eigenvalue weighted by molar-refractivity contribution is -0.134. The minimum absolute atomic E-state index is 0.433. The molecule has 0 spiro atoms. The van der Waals surface area contributed by atoms with Gasteiger partial charge in [-0.3, -0.25) is 4.79 Å². The van der Waals surface area contributed by atoms with E-state index < -0.39 is 0 Å². The van der Waals surface area contributed by atoms with E-state index in [1.165, 1.54) is 51.4 Å². The number of nitrogens with zero attached hydrogens (tertiary/aromatic N) is 1. The molecule has 1 saturated carbocycles. The van der Waals surface area contributed by atoms with Crippen molar-refractivity contribution in [3.8, 4) is 0 Å². The lowest BCUT2D eigenvalue weighted by Gasteiger charge is -2.31. The zero-order chi connectivity index (χ0) is 13.0. The summed E-state index contributed by atoms with van der Waals surface area (Å²) in [6, 6.07) is 0.464. The van der Waals surface area contributed by atoms with E-state index in [1.54, 1.807) is 0 Å². The van der Waals surface area contributed by atoms with Gasteiger partial charge in [0.25, 0.3) is 0 Å². The van der Waals surface area contributed by atoms with Crippen LogP contribution in [-0.2, 0) is 4.79 Å². The lowest BCUT2D eigenvalue weighted by atomic mass is 9.86. The van der Waals surface area contributed by atoms with Crippen molar-refractivity contribution in [2.24, 2.45) is 11.8 Å². The summed E-state index contributed by atoms with van der Waals surface area (Å²) in [5.41, 5.74) is 0. The molecule has 1 aliphatic heterocycles. The van der Waals surface area contributed by atoms with Crippen molar-refractivity contribution in [1.29, 1.82) is 0 Å². The molecular weight excluding hydrogens is 222 g/mol. The van der Waals surface area contributed by atoms with Gasteiger partial charge in [-0.1, -0.05) is 32.6 Å². The minimum Gasteiger partial charge on any atom is -0.340 e. The van der Waals surface area contributed by atoms with Gasteiger partial charge in [-0.25, -0.2) is 0 Å². The fourth-order valence-electron chi connectivity index (χ4n) is 3.63. The Morgan fingerprint density at radius 1 is 1.00 bits per heavy atom. The largest absolute Gasteiger partial charge is 0.340 e. The SMILES string of the molecule is C[C@H]1CCC[C@@H](C)N(C(=O)CC2CCCCC2)C1. The molecule has 104 valence electrons. The average molecular weight is 251 g/mol. The van der Waals surface area contributed by atoms with Gasteiger partial charge >= 0.3 is 0 Å². The first-order valence-corrected chi connectivity index (χ1v) is 7.96. The molecular formula is C16H29NO. The molecule has 2 atom stereocenters. The molecule has 0 N–H and O–H groups in total. The quantitative estimate of drug-likeness (QED) is 0.726. The normalized spacial score (nSPS) is 31.1. The van der Waals surface area contributed by atoms with Gasteiger partial charge in [0.1, 0.15) is 0 Å². The van der Waals surface area contributed by atoms with Gasteiger partial charge in [-0.05, 0) is 44.4 Å². The topological polar surface area (TPSA) is 20.3 Å². The third kappa shape index (κ3) is 3.73. The summed E-state index contributed by atoms with van der Waals surface area (Å²) in [5, 5.41) is 0. The van der Waals surface area contributed by atoms with Gasteiger partial charge in [-0.2, -0.15) is 0 Å². The van der Waals surface area contributed by atoms with Crippen molar-refractivity contribution in [2.45, 2.75) is 77.7 Å². The number of likely N-dealkylation sites (tertiary alicyclic amines) is 1. The molecule has 2 rings (SSSR count). The van der Waals surface area contributed by atoms with Crippen LogP contribution in [0.4, 0.5) is 0 Å². The van der Waals surface area contributed by atoms with Gasteiger partial charge in [-0.15, -0.1) is 0 Å². The summed E-state index contributed by atoms with van der Waals surface area (Å²) in [7, 11) is 0. The molecule has 0 aromatic rings. The average Bonchev–Trinajstić information content (AvgIpc) is 2.52. The monoisotopic (exact) mass is 251 g/mol. The lowest BCUT2D eigenvalue weighted by Crippen LogP contribution is -2.40. The van der Waals surface area contributed by atoms with E-state index in [4.69, 9.17) is 0 Å². The Morgan fingerprint density at radius 2 is 1.72 bits per heavy atom. The maximum atomic E-state index is 12.5. The first-order chi connectivity index (χ1) is 8.66. The Hall–Kier alpha value is -0.530. The molecule has 2 heteroatoms. The summed E-state index contributed by atoms with van der Waals surface area (Å²) in [6.45, 7) is 5.52. The van der Waals surface area contributed by atoms with Crippen LogP contribution in [-0.4, -0.2) is 23.4 Å². The van der Waals surface area contributed by atoms with Crippen LogP contribution in [0.5, 0.6) is 0 Å². The third-order valence-corrected chi connectivity index (χ3v) is 4.87. The van der Waals surface area contributed by atoms with Gasteiger partial charge < -0.3 is 4.90 Å². The van der Waals surface area contributed by atoms with Gasteiger partial charge in [0.15, 0.2) is 0 Å². The Bertz CT molecular complexity index is 270. The Morgan fingerprint density at radius 3 is 2.44 bits per heavy atom. The van der Waals surface area contributed by atoms with Crippen molar-refractivity contribution in [2.75, 3.05) is 6.54 Å². The van der Waals surface area contributed by atoms with Gasteiger partial charge in [0, 0.05) is 19.0 Å². The van der Waals surface area contributed by atoms with Crippen LogP contribution >= 0.6 is 0 Å². The number of carbonyl (C=O) groups is 1. The molecule has 1 heterocycles. The molecule has 0 aromatic carbocycles. The maximum absolute atomic E-state index is 12.5. The fourth-order valence-corrected chi connectivity index (χ4v) is 3.63. The molecule has 18 heavy (non-hydrogen) atoms. The number of amides is 1. The van der Waals surface area contributed by atoms with Crippen LogP contribution in [0, 0.1) is 11.8 Å². The number of carbonyl (C=O) groups excluding carboxylic acids is 1. The zero-order valence-electron chi connectivity index (χ0n) is 12.2. The molecule has 0 unspecified atom stereocenters. The zero-order valence-corrected chi connectivity index (χ0v) is 12.2. The van der Waals surface area contributed by atoms with E-state index in [1.807, 2.05) is 0 Å². The van der Waals surface area contributed by atoms with Crippen LogP contribution in [0.1, 0.15) is 71.6 Å². The second-order valence-corrected chi connectivity index (χ2v) is 6.64. The Labute approximate surface area is 112 Å². The first-order valence-electron chi connectivity index (χ1n) is 7.96. The van der Waals surface area contributed by atoms with Crippen LogP contribution in [0.2, 0.25) is 0 Å². The summed E-state index contributed by atoms with van der Waals surface area (Å²) >= 11 is 0. The van der Waals surface area contributed by atoms with E-state index in [0.29, 0.717) is 23.8 Å². The number of rotatable bonds is 2. The van der Waals surface area contributed by atoms with E-state index in [0.717, 1.165) is 13.0 Å². The molecule has 0 radical (unpaired) electrons. The summed E-state index contributed by atoms with van der Waals surface area (Å²) in [4.78, 5) is 14.7. The van der Waals surface area contributed by atoms with Crippen LogP contribution in [0.25, 0.3) is 0 Å². The van der Waals surface area contributed by atoms with Crippen molar-refractivity contribution in [1.82, 2.24) is 4.90 Å². The second kappa shape index (κ2) is 6.58. The van der Waals surface area contributed by atoms with Crippen molar-refractivity contribution >= 4 is 5.91 Å². The summed E-state index contributed by atoms with van der Waals surface area (Å²) in [5.74, 6) is 1.80. The van der Waals surface area contributed by atoms with Crippen molar-refractivity contribution in [3.05, 3.63) is 0 Å². The molecule has 2 aliphatic rings. The number of hydrogen-bond donors (Lipinski definition) is 0. The first kappa shape index (κ1) is 13.9. The Balaban J connectivity index is 1.88. The highest BCUT2D eigenvalue weighted by atomic mass is 16.2. The fraction of sp³-hybridized carbons (Fsp3) is 0.938. The minimum atomic E-state index is 0.433. The number of hydrogen-bond acceptors (Lipinski definition) is 1. The predicted octanol–water partition coefficient (Wildman–Crippen LogP) is 3.99. The third-order valence-electron chi connectivity index (χ3n) is 4.87. The highest BCUT2D eigenvalue weighted by molar-refractivity contribution is 5.76. The maximum Gasteiger partial charge on any atom is 0.223 e. The molecule has 1 aliphatic carbocycles. The van der Waals surface area contributed by atoms with E-state index in [-0.39, 0.29) is 0 Å². The summed E-state index contributed by atoms with van der Waals surface area (Å²) in [6.07, 6.45) is 11.2. The van der Waals surface area contributed by atoms with Crippen molar-refractivity contribution in [3.63, 3.8) is 0 Å². The summed E-state index contributed by atoms with van der Waals surface area (Å²) < 4.78 is 0.